The van der Waals surface area contributed by atoms with Crippen molar-refractivity contribution in [2.24, 2.45) is 0 Å². The van der Waals surface area contributed by atoms with Crippen LogP contribution in [0.4, 0.5) is 0 Å². The quantitative estimate of drug-likeness (QED) is 0.407. The van der Waals surface area contributed by atoms with Crippen molar-refractivity contribution in [1.29, 1.82) is 0 Å². The van der Waals surface area contributed by atoms with Gasteiger partial charge in [0.1, 0.15) is 0 Å². The van der Waals surface area contributed by atoms with Crippen LogP contribution in [0.15, 0.2) is 0 Å². The fraction of sp³-hybridized carbons (Fsp3) is 0. The van der Waals surface area contributed by atoms with Gasteiger partial charge in [0.25, 0.3) is 0 Å². The van der Waals surface area contributed by atoms with Gasteiger partial charge in [0, 0.05) is 100 Å². The zero-order chi connectivity index (χ0) is 4.83. The van der Waals surface area contributed by atoms with E-state index in [4.69, 9.17) is 15.5 Å². The van der Waals surface area contributed by atoms with Gasteiger partial charge in [-0.15, -0.1) is 0 Å². The van der Waals surface area contributed by atoms with Gasteiger partial charge in [-0.25, -0.2) is 0 Å². The normalized spacial score (nSPS) is 4.50. The first kappa shape index (κ1) is 16.7. The van der Waals surface area contributed by atoms with Gasteiger partial charge in [0.15, 0.2) is 0 Å². The molecule has 0 spiro atoms. The number of hydrogen-bond donors (Lipinski definition) is 0. The average molecular weight is 300 g/mol. The van der Waals surface area contributed by atoms with E-state index in [1.54, 1.807) is 14.1 Å². The van der Waals surface area contributed by atoms with Crippen molar-refractivity contribution in [3.8, 4) is 0 Å². The van der Waals surface area contributed by atoms with Crippen LogP contribution in [0.3, 0.4) is 0 Å². The molecule has 0 atom stereocenters. The minimum atomic E-state index is 0. The Balaban J connectivity index is -0.000000125. The summed E-state index contributed by atoms with van der Waals surface area (Å²) in [7, 11) is 16.0. The Labute approximate surface area is 99.0 Å². The molecule has 0 saturated carbocycles. The molecule has 0 N–H and O–H groups in total. The first-order valence-corrected chi connectivity index (χ1v) is 1.67. The molecule has 0 bridgehead atoms. The maximum atomic E-state index is 4.93. The van der Waals surface area contributed by atoms with Gasteiger partial charge in [-0.05, 0) is 0 Å². The molecule has 0 unspecified atom stereocenters. The van der Waals surface area contributed by atoms with Gasteiger partial charge in [-0.3, -0.25) is 0 Å². The van der Waals surface area contributed by atoms with E-state index in [9.17, 15) is 0 Å². The largest absolute Gasteiger partial charge is 0 e. The average Bonchev–Trinajstić information content (AvgIpc) is 1.61. The minimum Gasteiger partial charge on any atom is 0 e. The first-order chi connectivity index (χ1) is 2.91. The molecule has 0 saturated heterocycles. The van der Waals surface area contributed by atoms with Crippen molar-refractivity contribution in [2.45, 2.75) is 0 Å². The van der Waals surface area contributed by atoms with E-state index in [2.05, 4.69) is 0 Å². The van der Waals surface area contributed by atoms with Gasteiger partial charge >= 0.3 is 0 Å². The molecule has 0 nitrogen and oxygen atoms in total. The van der Waals surface area contributed by atoms with Gasteiger partial charge < -0.3 is 0 Å². The van der Waals surface area contributed by atoms with Crippen LogP contribution in [0, 0.1) is 35.6 Å². The van der Waals surface area contributed by atoms with Crippen LogP contribution in [-0.2, 0) is 21.1 Å². The maximum Gasteiger partial charge on any atom is 0 e. The van der Waals surface area contributed by atoms with Crippen LogP contribution >= 0.6 is 0 Å². The fourth-order valence-electron chi connectivity index (χ4n) is 0.128. The third kappa shape index (κ3) is 15.7. The SMILES string of the molecule is [B][B][B][B][B][B].[La].[Mo]. The Kier molecular flexibility index (Phi) is 33.7. The summed E-state index contributed by atoms with van der Waals surface area (Å²) in [5, 5.41) is 0. The summed E-state index contributed by atoms with van der Waals surface area (Å²) in [6.07, 6.45) is 0. The van der Waals surface area contributed by atoms with E-state index in [1.165, 1.54) is 14.1 Å². The van der Waals surface area contributed by atoms with E-state index in [1.807, 2.05) is 0 Å². The van der Waals surface area contributed by atoms with Crippen molar-refractivity contribution in [1.82, 2.24) is 0 Å². The van der Waals surface area contributed by atoms with Crippen LogP contribution in [0.1, 0.15) is 0 Å². The van der Waals surface area contributed by atoms with Crippen molar-refractivity contribution in [3.63, 3.8) is 0 Å². The molecule has 8 heavy (non-hydrogen) atoms. The molecule has 0 aliphatic heterocycles. The Morgan fingerprint density at radius 1 is 0.875 bits per heavy atom. The second-order valence-corrected chi connectivity index (χ2v) is 0.770. The van der Waals surface area contributed by atoms with Gasteiger partial charge in [-0.2, -0.15) is 0 Å². The fourth-order valence-corrected chi connectivity index (χ4v) is 0.128. The van der Waals surface area contributed by atoms with Crippen molar-refractivity contribution < 1.29 is 56.7 Å². The van der Waals surface area contributed by atoms with Crippen LogP contribution in [-0.4, -0.2) is 43.7 Å². The Morgan fingerprint density at radius 3 is 1.25 bits per heavy atom. The van der Waals surface area contributed by atoms with E-state index >= 15 is 0 Å². The van der Waals surface area contributed by atoms with Gasteiger partial charge in [0.2, 0.25) is 0 Å². The summed E-state index contributed by atoms with van der Waals surface area (Å²) in [6, 6.07) is 0. The smallest absolute Gasteiger partial charge is 0 e. The van der Waals surface area contributed by atoms with Crippen LogP contribution < -0.4 is 0 Å². The Morgan fingerprint density at radius 2 is 1.12 bits per heavy atom. The van der Waals surface area contributed by atoms with Crippen molar-refractivity contribution in [2.75, 3.05) is 0 Å². The molecule has 27 valence electrons. The van der Waals surface area contributed by atoms with E-state index in [0.717, 1.165) is 0 Å². The third-order valence-electron chi connectivity index (χ3n) is 0.333. The summed E-state index contributed by atoms with van der Waals surface area (Å²) in [6.45, 7) is 0. The monoisotopic (exact) mass is 303 g/mol. The first-order valence-electron chi connectivity index (χ1n) is 1.67. The standard InChI is InChI=1S/B6.La.Mo/c1-3-5-6-4-2;;. The molecular weight excluding hydrogens is 300 g/mol. The molecule has 0 aliphatic rings. The Hall–Kier alpha value is 2.27. The molecule has 0 aromatic carbocycles. The molecule has 0 aliphatic carbocycles. The topological polar surface area (TPSA) is 0 Å². The summed E-state index contributed by atoms with van der Waals surface area (Å²) in [5.74, 6) is 0. The molecule has 0 amide bonds. The minimum absolute atomic E-state index is 0. The molecule has 8 heteroatoms. The Bertz CT molecular complexity index is 20.5. The summed E-state index contributed by atoms with van der Waals surface area (Å²) in [4.78, 5) is 0. The maximum absolute atomic E-state index is 4.93. The van der Waals surface area contributed by atoms with Gasteiger partial charge in [-0.1, -0.05) is 0 Å². The second kappa shape index (κ2) is 16.1. The predicted molar refractivity (Wildman–Crippen MR) is 34.5 cm³/mol. The zero-order valence-corrected chi connectivity index (χ0v) is 10.1. The molecule has 0 rings (SSSR count). The van der Waals surface area contributed by atoms with E-state index in [0.29, 0.717) is 0 Å². The summed E-state index contributed by atoms with van der Waals surface area (Å²) in [5.41, 5.74) is 0. The molecular formula is B6LaMo. The van der Waals surface area contributed by atoms with Crippen molar-refractivity contribution >= 4 is 43.7 Å². The molecule has 0 aromatic heterocycles. The predicted octanol–water partition coefficient (Wildman–Crippen LogP) is -2.29. The molecule has 0 aromatic rings. The third-order valence-corrected chi connectivity index (χ3v) is 0.333. The van der Waals surface area contributed by atoms with Crippen molar-refractivity contribution in [3.05, 3.63) is 0 Å². The molecule has 9 radical (unpaired) electrons. The van der Waals surface area contributed by atoms with Crippen LogP contribution in [0.25, 0.3) is 0 Å². The van der Waals surface area contributed by atoms with Gasteiger partial charge in [0.05, 0.1) is 0 Å². The van der Waals surface area contributed by atoms with E-state index < -0.39 is 0 Å². The number of rotatable bonds is 3. The summed E-state index contributed by atoms with van der Waals surface area (Å²) < 4.78 is 0. The zero-order valence-electron chi connectivity index (χ0n) is 4.45. The van der Waals surface area contributed by atoms with Crippen LogP contribution in [0.2, 0.25) is 0 Å². The summed E-state index contributed by atoms with van der Waals surface area (Å²) >= 11 is 0. The molecule has 0 heterocycles. The molecule has 0 fully saturated rings. The van der Waals surface area contributed by atoms with Crippen LogP contribution in [0.5, 0.6) is 0 Å². The second-order valence-electron chi connectivity index (χ2n) is 0.770. The van der Waals surface area contributed by atoms with E-state index in [-0.39, 0.29) is 56.7 Å². The number of hydrogen-bond acceptors (Lipinski definition) is 0.